The third-order valence-corrected chi connectivity index (χ3v) is 10.9. The number of hydrogen-bond donors (Lipinski definition) is 1. The van der Waals surface area contributed by atoms with Gasteiger partial charge in [-0.2, -0.15) is 0 Å². The lowest BCUT2D eigenvalue weighted by molar-refractivity contribution is -0.146. The first kappa shape index (κ1) is 27.0. The number of hydrogen-bond acceptors (Lipinski definition) is 6. The topological polar surface area (TPSA) is 97.7 Å². The molecular weight excluding hydrogens is 456 g/mol. The van der Waals surface area contributed by atoms with E-state index < -0.39 is 16.9 Å². The summed E-state index contributed by atoms with van der Waals surface area (Å²) in [5.74, 6) is -1.13. The molecule has 6 nitrogen and oxygen atoms in total. The second kappa shape index (κ2) is 9.34. The Balaban J connectivity index is 1.63. The Hall–Kier alpha value is -2.08. The van der Waals surface area contributed by atoms with Crippen LogP contribution < -0.4 is 0 Å². The minimum atomic E-state index is -1.16. The molecule has 2 unspecified atom stereocenters. The average Bonchev–Trinajstić information content (AvgIpc) is 3.21. The molecule has 6 heteroatoms. The van der Waals surface area contributed by atoms with Crippen LogP contribution in [-0.2, 0) is 23.9 Å². The van der Waals surface area contributed by atoms with Crippen molar-refractivity contribution in [3.8, 4) is 0 Å². The van der Waals surface area contributed by atoms with E-state index in [2.05, 4.69) is 13.5 Å². The molecule has 0 bridgehead atoms. The molecule has 0 aromatic carbocycles. The second-order valence-corrected chi connectivity index (χ2v) is 12.5. The van der Waals surface area contributed by atoms with Crippen LogP contribution in [0.1, 0.15) is 79.6 Å². The van der Waals surface area contributed by atoms with Crippen LogP contribution in [0.4, 0.5) is 0 Å². The van der Waals surface area contributed by atoms with Crippen LogP contribution in [0.25, 0.3) is 0 Å². The van der Waals surface area contributed by atoms with Gasteiger partial charge in [0.25, 0.3) is 0 Å². The van der Waals surface area contributed by atoms with E-state index in [0.717, 1.165) is 24.8 Å². The SMILES string of the molecule is C=C(CC[C@@H](C)[C@H]1CC[C@H]2C3=C(C(=O)[C@H](O)[C@]12C)[C@@]1(C)CCC(=O)[C@@H](C)C1CC3=O)C(C)C(=O)OC. The lowest BCUT2D eigenvalue weighted by Crippen LogP contribution is -2.58. The quantitative estimate of drug-likeness (QED) is 0.423. The van der Waals surface area contributed by atoms with E-state index in [1.807, 2.05) is 20.8 Å². The number of fused-ring (bicyclic) bond motifs is 4. The van der Waals surface area contributed by atoms with Crippen molar-refractivity contribution in [2.75, 3.05) is 7.11 Å². The van der Waals surface area contributed by atoms with Crippen molar-refractivity contribution in [1.82, 2.24) is 0 Å². The number of Topliss-reactive ketones (excluding diaryl/α,β-unsaturated/α-hetero) is 3. The standard InChI is InChI=1S/C30H42O6/c1-15(17(3)28(35)36-7)8-9-16(2)19-10-11-20-24-23(32)14-21-18(4)22(31)12-13-29(21,5)25(24)26(33)27(34)30(19,20)6/h16-21,27,34H,1,8-14H2,2-7H3/t16-,17?,18+,19-,20+,21?,27+,29+,30-/m1/s1. The minimum absolute atomic E-state index is 0.000848. The van der Waals surface area contributed by atoms with Gasteiger partial charge in [0.1, 0.15) is 11.9 Å². The molecule has 0 aliphatic heterocycles. The minimum Gasteiger partial charge on any atom is -0.469 e. The number of esters is 1. The van der Waals surface area contributed by atoms with Crippen LogP contribution in [0.15, 0.2) is 23.3 Å². The van der Waals surface area contributed by atoms with Crippen molar-refractivity contribution in [2.24, 2.45) is 46.3 Å². The molecule has 0 amide bonds. The van der Waals surface area contributed by atoms with Gasteiger partial charge in [-0.05, 0) is 62.7 Å². The third-order valence-electron chi connectivity index (χ3n) is 10.9. The number of rotatable bonds is 6. The summed E-state index contributed by atoms with van der Waals surface area (Å²) in [4.78, 5) is 51.9. The van der Waals surface area contributed by atoms with Gasteiger partial charge in [-0.25, -0.2) is 0 Å². The van der Waals surface area contributed by atoms with Crippen molar-refractivity contribution < 1.29 is 29.0 Å². The largest absolute Gasteiger partial charge is 0.469 e. The molecule has 4 aliphatic carbocycles. The van der Waals surface area contributed by atoms with E-state index in [4.69, 9.17) is 4.74 Å². The van der Waals surface area contributed by atoms with Crippen LogP contribution in [0.3, 0.4) is 0 Å². The number of allylic oxidation sites excluding steroid dienone is 1. The van der Waals surface area contributed by atoms with E-state index in [0.29, 0.717) is 36.8 Å². The van der Waals surface area contributed by atoms with E-state index in [1.165, 1.54) is 7.11 Å². The monoisotopic (exact) mass is 498 g/mol. The number of ketones is 3. The first-order chi connectivity index (χ1) is 16.8. The van der Waals surface area contributed by atoms with E-state index >= 15 is 0 Å². The smallest absolute Gasteiger partial charge is 0.312 e. The highest BCUT2D eigenvalue weighted by Gasteiger charge is 2.65. The van der Waals surface area contributed by atoms with Crippen LogP contribution in [0.5, 0.6) is 0 Å². The molecule has 0 radical (unpaired) electrons. The molecule has 0 heterocycles. The molecule has 9 atom stereocenters. The fourth-order valence-corrected chi connectivity index (χ4v) is 8.39. The molecule has 36 heavy (non-hydrogen) atoms. The predicted octanol–water partition coefficient (Wildman–Crippen LogP) is 4.64. The van der Waals surface area contributed by atoms with Gasteiger partial charge in [0.2, 0.25) is 0 Å². The summed E-state index contributed by atoms with van der Waals surface area (Å²) < 4.78 is 4.84. The molecule has 0 aromatic heterocycles. The lowest BCUT2D eigenvalue weighted by atomic mass is 9.48. The van der Waals surface area contributed by atoms with Crippen LogP contribution in [0, 0.1) is 46.3 Å². The number of carbonyl (C=O) groups excluding carboxylic acids is 4. The Morgan fingerprint density at radius 2 is 1.86 bits per heavy atom. The van der Waals surface area contributed by atoms with E-state index in [9.17, 15) is 24.3 Å². The van der Waals surface area contributed by atoms with Gasteiger partial charge in [0.05, 0.1) is 13.0 Å². The lowest BCUT2D eigenvalue weighted by Gasteiger charge is -2.55. The summed E-state index contributed by atoms with van der Waals surface area (Å²) >= 11 is 0. The van der Waals surface area contributed by atoms with Crippen molar-refractivity contribution >= 4 is 23.3 Å². The predicted molar refractivity (Wildman–Crippen MR) is 136 cm³/mol. The van der Waals surface area contributed by atoms with Gasteiger partial charge in [0, 0.05) is 40.7 Å². The van der Waals surface area contributed by atoms with Crippen molar-refractivity contribution in [3.63, 3.8) is 0 Å². The summed E-state index contributed by atoms with van der Waals surface area (Å²) in [6.45, 7) is 14.0. The van der Waals surface area contributed by atoms with Gasteiger partial charge < -0.3 is 9.84 Å². The van der Waals surface area contributed by atoms with Crippen LogP contribution in [0.2, 0.25) is 0 Å². The number of carbonyl (C=O) groups is 4. The number of aliphatic hydroxyl groups is 1. The zero-order valence-electron chi connectivity index (χ0n) is 22.7. The molecular formula is C30H42O6. The summed E-state index contributed by atoms with van der Waals surface area (Å²) in [6, 6.07) is 0. The normalized spacial score (nSPS) is 39.8. The highest BCUT2D eigenvalue weighted by Crippen LogP contribution is 2.64. The summed E-state index contributed by atoms with van der Waals surface area (Å²) in [7, 11) is 1.37. The summed E-state index contributed by atoms with van der Waals surface area (Å²) in [5.41, 5.74) is 0.764. The Bertz CT molecular complexity index is 1040. The van der Waals surface area contributed by atoms with Crippen molar-refractivity contribution in [1.29, 1.82) is 0 Å². The maximum Gasteiger partial charge on any atom is 0.312 e. The first-order valence-electron chi connectivity index (χ1n) is 13.6. The molecule has 2 fully saturated rings. The van der Waals surface area contributed by atoms with Crippen LogP contribution in [-0.4, -0.2) is 41.6 Å². The van der Waals surface area contributed by atoms with Crippen molar-refractivity contribution in [3.05, 3.63) is 23.3 Å². The molecule has 198 valence electrons. The average molecular weight is 499 g/mol. The number of methoxy groups -OCH3 is 1. The molecule has 4 rings (SSSR count). The Kier molecular flexibility index (Phi) is 7.00. The highest BCUT2D eigenvalue weighted by atomic mass is 16.5. The van der Waals surface area contributed by atoms with Crippen LogP contribution >= 0.6 is 0 Å². The van der Waals surface area contributed by atoms with Gasteiger partial charge >= 0.3 is 5.97 Å². The summed E-state index contributed by atoms with van der Waals surface area (Å²) in [6.07, 6.45) is 3.19. The molecule has 1 N–H and O–H groups in total. The zero-order chi connectivity index (χ0) is 26.7. The first-order valence-corrected chi connectivity index (χ1v) is 13.6. The molecule has 0 aromatic rings. The Morgan fingerprint density at radius 3 is 2.50 bits per heavy atom. The zero-order valence-corrected chi connectivity index (χ0v) is 22.7. The second-order valence-electron chi connectivity index (χ2n) is 12.5. The van der Waals surface area contributed by atoms with Gasteiger partial charge in [-0.15, -0.1) is 0 Å². The number of ether oxygens (including phenoxy) is 1. The van der Waals surface area contributed by atoms with Gasteiger partial charge in [0.15, 0.2) is 11.6 Å². The Morgan fingerprint density at radius 1 is 1.19 bits per heavy atom. The third kappa shape index (κ3) is 3.77. The van der Waals surface area contributed by atoms with Gasteiger partial charge in [-0.3, -0.25) is 19.2 Å². The maximum absolute atomic E-state index is 13.9. The molecule has 0 spiro atoms. The molecule has 0 saturated heterocycles. The highest BCUT2D eigenvalue weighted by molar-refractivity contribution is 6.13. The van der Waals surface area contributed by atoms with Gasteiger partial charge in [-0.1, -0.05) is 39.8 Å². The summed E-state index contributed by atoms with van der Waals surface area (Å²) in [5, 5.41) is 11.6. The van der Waals surface area contributed by atoms with E-state index in [1.54, 1.807) is 6.92 Å². The fourth-order valence-electron chi connectivity index (χ4n) is 8.39. The molecule has 4 aliphatic rings. The van der Waals surface area contributed by atoms with E-state index in [-0.39, 0.29) is 58.8 Å². The Labute approximate surface area is 214 Å². The van der Waals surface area contributed by atoms with Crippen molar-refractivity contribution in [2.45, 2.75) is 85.7 Å². The number of aliphatic hydroxyl groups excluding tert-OH is 1. The molecule has 2 saturated carbocycles. The maximum atomic E-state index is 13.9. The fraction of sp³-hybridized carbons (Fsp3) is 0.733.